The van der Waals surface area contributed by atoms with E-state index < -0.39 is 12.1 Å². The van der Waals surface area contributed by atoms with Gasteiger partial charge in [0.25, 0.3) is 0 Å². The van der Waals surface area contributed by atoms with Gasteiger partial charge in [0.2, 0.25) is 0 Å². The van der Waals surface area contributed by atoms with Crippen molar-refractivity contribution in [1.82, 2.24) is 9.80 Å². The minimum absolute atomic E-state index is 0.0748. The van der Waals surface area contributed by atoms with Crippen LogP contribution in [0.3, 0.4) is 0 Å². The van der Waals surface area contributed by atoms with Crippen molar-refractivity contribution < 1.29 is 28.6 Å². The molecule has 0 spiro atoms. The molecule has 1 unspecified atom stereocenters. The lowest BCUT2D eigenvalue weighted by Crippen LogP contribution is -2.51. The van der Waals surface area contributed by atoms with E-state index >= 15 is 0 Å². The Hall–Kier alpha value is -2.77. The Balaban J connectivity index is 1.54. The number of benzene rings is 1. The second-order valence-electron chi connectivity index (χ2n) is 7.40. The predicted octanol–water partition coefficient (Wildman–Crippen LogP) is 2.91. The highest BCUT2D eigenvalue weighted by atomic mass is 16.6. The zero-order valence-electron chi connectivity index (χ0n) is 16.4. The zero-order valence-corrected chi connectivity index (χ0v) is 16.4. The number of nitrogens with zero attached hydrogens (tertiary/aromatic N) is 2. The van der Waals surface area contributed by atoms with Gasteiger partial charge in [0.1, 0.15) is 12.4 Å². The Morgan fingerprint density at radius 3 is 2.36 bits per heavy atom. The topological polar surface area (TPSA) is 85.4 Å². The molecule has 1 atom stereocenters. The van der Waals surface area contributed by atoms with Gasteiger partial charge in [-0.25, -0.2) is 14.4 Å². The van der Waals surface area contributed by atoms with Crippen LogP contribution in [0, 0.1) is 5.92 Å². The number of amides is 2. The number of cyclic esters (lactones) is 1. The summed E-state index contributed by atoms with van der Waals surface area (Å²) >= 11 is 0. The molecule has 2 saturated heterocycles. The molecule has 0 aliphatic carbocycles. The largest absolute Gasteiger partial charge is 0.465 e. The monoisotopic (exact) mass is 390 g/mol. The van der Waals surface area contributed by atoms with E-state index in [2.05, 4.69) is 18.6 Å². The number of likely N-dealkylation sites (tertiary alicyclic amines) is 1. The van der Waals surface area contributed by atoms with E-state index in [-0.39, 0.29) is 18.2 Å². The Morgan fingerprint density at radius 1 is 1.14 bits per heavy atom. The molecule has 2 amide bonds. The summed E-state index contributed by atoms with van der Waals surface area (Å²) in [6.07, 6.45) is 0.683. The fraction of sp³-hybridized carbons (Fsp3) is 0.550. The van der Waals surface area contributed by atoms with Crippen molar-refractivity contribution in [3.05, 3.63) is 29.8 Å². The molecular formula is C20H26N2O6. The van der Waals surface area contributed by atoms with Crippen LogP contribution in [0.5, 0.6) is 5.75 Å². The minimum Gasteiger partial charge on any atom is -0.465 e. The molecule has 2 aliphatic rings. The highest BCUT2D eigenvalue weighted by Gasteiger charge is 2.41. The summed E-state index contributed by atoms with van der Waals surface area (Å²) in [5.41, 5.74) is 0.389. The first-order valence-corrected chi connectivity index (χ1v) is 9.51. The van der Waals surface area contributed by atoms with Crippen molar-refractivity contribution in [3.63, 3.8) is 0 Å². The van der Waals surface area contributed by atoms with E-state index in [1.807, 2.05) is 4.90 Å². The summed E-state index contributed by atoms with van der Waals surface area (Å²) < 4.78 is 15.3. The van der Waals surface area contributed by atoms with E-state index in [0.717, 1.165) is 0 Å². The lowest BCUT2D eigenvalue weighted by molar-refractivity contribution is 0.0600. The van der Waals surface area contributed by atoms with Crippen LogP contribution < -0.4 is 4.74 Å². The van der Waals surface area contributed by atoms with Crippen LogP contribution in [0.1, 0.15) is 37.0 Å². The van der Waals surface area contributed by atoms with Gasteiger partial charge in [0.05, 0.1) is 18.7 Å². The van der Waals surface area contributed by atoms with Gasteiger partial charge in [0, 0.05) is 19.1 Å². The molecule has 0 radical (unpaired) electrons. The molecule has 3 rings (SSSR count). The lowest BCUT2D eigenvalue weighted by Gasteiger charge is -2.38. The molecule has 2 fully saturated rings. The first-order valence-electron chi connectivity index (χ1n) is 9.51. The van der Waals surface area contributed by atoms with Crippen LogP contribution in [-0.2, 0) is 9.47 Å². The SMILES string of the molecule is COC(=O)c1ccc(OC(=O)N2CCC(N3C(=O)OCC3C(C)C)CC2)cc1. The Morgan fingerprint density at radius 2 is 1.79 bits per heavy atom. The van der Waals surface area contributed by atoms with E-state index in [1.165, 1.54) is 7.11 Å². The summed E-state index contributed by atoms with van der Waals surface area (Å²) in [7, 11) is 1.31. The summed E-state index contributed by atoms with van der Waals surface area (Å²) in [4.78, 5) is 39.5. The van der Waals surface area contributed by atoms with Crippen molar-refractivity contribution in [2.45, 2.75) is 38.8 Å². The molecule has 0 aromatic heterocycles. The van der Waals surface area contributed by atoms with Gasteiger partial charge in [-0.3, -0.25) is 4.90 Å². The Bertz CT molecular complexity index is 725. The smallest absolute Gasteiger partial charge is 0.415 e. The number of rotatable bonds is 4. The first kappa shape index (κ1) is 20.0. The molecule has 2 aliphatic heterocycles. The molecule has 8 heteroatoms. The molecule has 8 nitrogen and oxygen atoms in total. The van der Waals surface area contributed by atoms with Gasteiger partial charge < -0.3 is 19.1 Å². The van der Waals surface area contributed by atoms with Crippen LogP contribution in [0.2, 0.25) is 0 Å². The van der Waals surface area contributed by atoms with Crippen LogP contribution >= 0.6 is 0 Å². The highest BCUT2D eigenvalue weighted by Crippen LogP contribution is 2.27. The number of piperidine rings is 1. The minimum atomic E-state index is -0.444. The first-order chi connectivity index (χ1) is 13.4. The van der Waals surface area contributed by atoms with E-state index in [9.17, 15) is 14.4 Å². The van der Waals surface area contributed by atoms with Gasteiger partial charge in [-0.15, -0.1) is 0 Å². The second kappa shape index (κ2) is 8.50. The van der Waals surface area contributed by atoms with Gasteiger partial charge >= 0.3 is 18.2 Å². The van der Waals surface area contributed by atoms with Crippen LogP contribution in [0.15, 0.2) is 24.3 Å². The molecule has 152 valence electrons. The standard InChI is InChI=1S/C20H26N2O6/c1-13(2)17-12-27-20(25)22(17)15-8-10-21(11-9-15)19(24)28-16-6-4-14(5-7-16)18(23)26-3/h4-7,13,15,17H,8-12H2,1-3H3. The highest BCUT2D eigenvalue weighted by molar-refractivity contribution is 5.89. The number of hydrogen-bond acceptors (Lipinski definition) is 6. The molecule has 0 saturated carbocycles. The number of esters is 1. The number of ether oxygens (including phenoxy) is 3. The predicted molar refractivity (Wildman–Crippen MR) is 100 cm³/mol. The number of hydrogen-bond donors (Lipinski definition) is 0. The average molecular weight is 390 g/mol. The maximum Gasteiger partial charge on any atom is 0.415 e. The van der Waals surface area contributed by atoms with Gasteiger partial charge in [-0.1, -0.05) is 13.8 Å². The quantitative estimate of drug-likeness (QED) is 0.735. The fourth-order valence-electron chi connectivity index (χ4n) is 3.65. The maximum absolute atomic E-state index is 12.4. The number of carbonyl (C=O) groups excluding carboxylic acids is 3. The second-order valence-corrected chi connectivity index (χ2v) is 7.40. The fourth-order valence-corrected chi connectivity index (χ4v) is 3.65. The third kappa shape index (κ3) is 4.21. The van der Waals surface area contributed by atoms with Gasteiger partial charge in [-0.05, 0) is 43.0 Å². The van der Waals surface area contributed by atoms with Gasteiger partial charge in [-0.2, -0.15) is 0 Å². The van der Waals surface area contributed by atoms with Crippen molar-refractivity contribution in [3.8, 4) is 5.75 Å². The van der Waals surface area contributed by atoms with Crippen LogP contribution in [-0.4, -0.2) is 66.8 Å². The van der Waals surface area contributed by atoms with Gasteiger partial charge in [0.15, 0.2) is 0 Å². The van der Waals surface area contributed by atoms with E-state index in [4.69, 9.17) is 9.47 Å². The van der Waals surface area contributed by atoms with Crippen molar-refractivity contribution >= 4 is 18.2 Å². The van der Waals surface area contributed by atoms with E-state index in [1.54, 1.807) is 29.2 Å². The molecule has 0 N–H and O–H groups in total. The van der Waals surface area contributed by atoms with Crippen molar-refractivity contribution in [2.24, 2.45) is 5.92 Å². The molecular weight excluding hydrogens is 364 g/mol. The molecule has 1 aromatic rings. The average Bonchev–Trinajstić information content (AvgIpc) is 3.09. The summed E-state index contributed by atoms with van der Waals surface area (Å²) in [6, 6.07) is 6.38. The van der Waals surface area contributed by atoms with Crippen molar-refractivity contribution in [2.75, 3.05) is 26.8 Å². The molecule has 1 aromatic carbocycles. The molecule has 2 heterocycles. The number of carbonyl (C=O) groups is 3. The maximum atomic E-state index is 12.4. The van der Waals surface area contributed by atoms with Crippen LogP contribution in [0.25, 0.3) is 0 Å². The number of methoxy groups -OCH3 is 1. The normalized spacial score (nSPS) is 20.3. The lowest BCUT2D eigenvalue weighted by atomic mass is 9.98. The summed E-state index contributed by atoms with van der Waals surface area (Å²) in [5.74, 6) is 0.241. The summed E-state index contributed by atoms with van der Waals surface area (Å²) in [6.45, 7) is 5.62. The van der Waals surface area contributed by atoms with E-state index in [0.29, 0.717) is 49.8 Å². The summed E-state index contributed by atoms with van der Waals surface area (Å²) in [5, 5.41) is 0. The third-order valence-corrected chi connectivity index (χ3v) is 5.31. The third-order valence-electron chi connectivity index (χ3n) is 5.31. The molecule has 28 heavy (non-hydrogen) atoms. The molecule has 0 bridgehead atoms. The van der Waals surface area contributed by atoms with Crippen molar-refractivity contribution in [1.29, 1.82) is 0 Å². The Kier molecular flexibility index (Phi) is 6.06. The van der Waals surface area contributed by atoms with Crippen LogP contribution in [0.4, 0.5) is 9.59 Å². The zero-order chi connectivity index (χ0) is 20.3. The Labute approximate surface area is 164 Å².